The number of rotatable bonds is 4. The van der Waals surface area contributed by atoms with Gasteiger partial charge in [0, 0.05) is 0 Å². The fourth-order valence-corrected chi connectivity index (χ4v) is 0.817. The molecule has 0 unspecified atom stereocenters. The molecule has 0 aromatic heterocycles. The molecule has 6 nitrogen and oxygen atoms in total. The second-order valence-corrected chi connectivity index (χ2v) is 2.52. The Labute approximate surface area is 105 Å². The molecule has 1 rings (SSSR count). The third-order valence-electron chi connectivity index (χ3n) is 1.42. The summed E-state index contributed by atoms with van der Waals surface area (Å²) in [5.74, 6) is -1.55. The van der Waals surface area contributed by atoms with Crippen LogP contribution in [0.3, 0.4) is 0 Å². The average molecular weight is 210 g/mol. The number of carboxylic acids is 1. The maximum atomic E-state index is 10.9. The summed E-state index contributed by atoms with van der Waals surface area (Å²) in [5.41, 5.74) is 0. The van der Waals surface area contributed by atoms with Gasteiger partial charge in [-0.05, 0) is 0 Å². The molecule has 0 amide bonds. The molecule has 0 saturated heterocycles. The second-order valence-electron chi connectivity index (χ2n) is 2.52. The SMILES string of the molecule is O=C(O)CCC(=O)ON1C=NCC1.[H-].[Na+]. The minimum Gasteiger partial charge on any atom is -1.00 e. The summed E-state index contributed by atoms with van der Waals surface area (Å²) in [6, 6.07) is 0. The third-order valence-corrected chi connectivity index (χ3v) is 1.42. The first-order valence-corrected chi connectivity index (χ1v) is 3.87. The molecule has 0 atom stereocenters. The van der Waals surface area contributed by atoms with Crippen LogP contribution in [0.25, 0.3) is 0 Å². The number of carbonyl (C=O) groups is 2. The summed E-state index contributed by atoms with van der Waals surface area (Å²) in [6.45, 7) is 1.14. The van der Waals surface area contributed by atoms with Crippen LogP contribution in [0, 0.1) is 0 Å². The predicted molar refractivity (Wildman–Crippen MR) is 44.1 cm³/mol. The van der Waals surface area contributed by atoms with Crippen molar-refractivity contribution in [3.05, 3.63) is 0 Å². The van der Waals surface area contributed by atoms with Crippen LogP contribution in [0.15, 0.2) is 4.99 Å². The molecule has 1 heterocycles. The normalized spacial score (nSPS) is 13.6. The van der Waals surface area contributed by atoms with Crippen LogP contribution in [0.1, 0.15) is 14.3 Å². The fraction of sp³-hybridized carbons (Fsp3) is 0.571. The number of aliphatic carboxylic acids is 1. The number of hydrogen-bond acceptors (Lipinski definition) is 5. The molecule has 0 radical (unpaired) electrons. The molecular weight excluding hydrogens is 199 g/mol. The van der Waals surface area contributed by atoms with Crippen molar-refractivity contribution in [1.29, 1.82) is 0 Å². The van der Waals surface area contributed by atoms with E-state index in [1.165, 1.54) is 11.4 Å². The fourth-order valence-electron chi connectivity index (χ4n) is 0.817. The minimum atomic E-state index is -1.01. The van der Waals surface area contributed by atoms with Gasteiger partial charge in [-0.3, -0.25) is 9.79 Å². The van der Waals surface area contributed by atoms with Crippen LogP contribution in [-0.4, -0.2) is 41.5 Å². The van der Waals surface area contributed by atoms with Gasteiger partial charge in [0.25, 0.3) is 0 Å². The smallest absolute Gasteiger partial charge is 1.00 e. The summed E-state index contributed by atoms with van der Waals surface area (Å²) >= 11 is 0. The zero-order chi connectivity index (χ0) is 9.68. The standard InChI is InChI=1S/C7H10N2O4.Na.H/c10-6(11)1-2-7(12)13-9-4-3-8-5-9;;/h5H,1-4H2,(H,10,11);;/q;+1;-1. The van der Waals surface area contributed by atoms with Gasteiger partial charge in [0.05, 0.1) is 25.9 Å². The third kappa shape index (κ3) is 5.21. The second kappa shape index (κ2) is 6.80. The van der Waals surface area contributed by atoms with Crippen molar-refractivity contribution >= 4 is 18.3 Å². The Morgan fingerprint density at radius 3 is 2.79 bits per heavy atom. The van der Waals surface area contributed by atoms with Crippen molar-refractivity contribution in [1.82, 2.24) is 5.06 Å². The molecule has 0 bridgehead atoms. The molecule has 0 aliphatic carbocycles. The van der Waals surface area contributed by atoms with E-state index in [-0.39, 0.29) is 43.8 Å². The van der Waals surface area contributed by atoms with Gasteiger partial charge in [-0.25, -0.2) is 4.79 Å². The van der Waals surface area contributed by atoms with Crippen LogP contribution in [0.5, 0.6) is 0 Å². The number of carboxylic acid groups (broad SMARTS) is 1. The monoisotopic (exact) mass is 210 g/mol. The van der Waals surface area contributed by atoms with E-state index in [0.29, 0.717) is 13.1 Å². The van der Waals surface area contributed by atoms with E-state index >= 15 is 0 Å². The molecule has 0 saturated carbocycles. The maximum Gasteiger partial charge on any atom is 1.00 e. The molecule has 1 N–H and O–H groups in total. The Kier molecular flexibility index (Phi) is 6.52. The van der Waals surface area contributed by atoms with Crippen molar-refractivity contribution in [3.63, 3.8) is 0 Å². The minimum absolute atomic E-state index is 0. The summed E-state index contributed by atoms with van der Waals surface area (Å²) in [4.78, 5) is 29.6. The largest absolute Gasteiger partial charge is 1.00 e. The van der Waals surface area contributed by atoms with Gasteiger partial charge in [0.2, 0.25) is 0 Å². The molecule has 14 heavy (non-hydrogen) atoms. The Bertz CT molecular complexity index is 249. The summed E-state index contributed by atoms with van der Waals surface area (Å²) in [5, 5.41) is 9.57. The Balaban J connectivity index is 0. The first-order valence-electron chi connectivity index (χ1n) is 3.87. The van der Waals surface area contributed by atoms with Gasteiger partial charge >= 0.3 is 41.5 Å². The first-order chi connectivity index (χ1) is 6.18. The van der Waals surface area contributed by atoms with Crippen LogP contribution in [0.4, 0.5) is 0 Å². The van der Waals surface area contributed by atoms with Crippen LogP contribution < -0.4 is 29.6 Å². The molecule has 7 heteroatoms. The van der Waals surface area contributed by atoms with Crippen LogP contribution >= 0.6 is 0 Å². The molecule has 1 aliphatic heterocycles. The molecule has 0 aromatic rings. The number of nitrogens with zero attached hydrogens (tertiary/aromatic N) is 2. The number of carbonyl (C=O) groups excluding carboxylic acids is 1. The van der Waals surface area contributed by atoms with Gasteiger partial charge < -0.3 is 11.4 Å². The van der Waals surface area contributed by atoms with Gasteiger partial charge in [0.1, 0.15) is 6.34 Å². The molecule has 74 valence electrons. The van der Waals surface area contributed by atoms with Crippen LogP contribution in [0.2, 0.25) is 0 Å². The van der Waals surface area contributed by atoms with Gasteiger partial charge in [0.15, 0.2) is 0 Å². The molecular formula is C7H11N2NaO4. The average Bonchev–Trinajstić information content (AvgIpc) is 2.53. The first kappa shape index (κ1) is 13.4. The summed E-state index contributed by atoms with van der Waals surface area (Å²) in [6.07, 6.45) is 1.10. The van der Waals surface area contributed by atoms with Gasteiger partial charge in [-0.1, -0.05) is 0 Å². The Morgan fingerprint density at radius 1 is 1.57 bits per heavy atom. The molecule has 1 aliphatic rings. The Hall–Kier alpha value is -0.590. The van der Waals surface area contributed by atoms with E-state index in [1.54, 1.807) is 0 Å². The van der Waals surface area contributed by atoms with Crippen LogP contribution in [-0.2, 0) is 14.4 Å². The van der Waals surface area contributed by atoms with E-state index in [1.807, 2.05) is 0 Å². The zero-order valence-corrected chi connectivity index (χ0v) is 9.97. The number of aliphatic imine (C=N–C) groups is 1. The van der Waals surface area contributed by atoms with Crippen molar-refractivity contribution in [3.8, 4) is 0 Å². The molecule has 0 spiro atoms. The Morgan fingerprint density at radius 2 is 2.29 bits per heavy atom. The van der Waals surface area contributed by atoms with E-state index < -0.39 is 11.9 Å². The van der Waals surface area contributed by atoms with E-state index in [9.17, 15) is 9.59 Å². The maximum absolute atomic E-state index is 10.9. The topological polar surface area (TPSA) is 79.2 Å². The van der Waals surface area contributed by atoms with E-state index in [2.05, 4.69) is 4.99 Å². The molecule has 0 fully saturated rings. The van der Waals surface area contributed by atoms with E-state index in [4.69, 9.17) is 9.94 Å². The number of hydrogen-bond donors (Lipinski definition) is 1. The van der Waals surface area contributed by atoms with Gasteiger partial charge in [-0.2, -0.15) is 5.06 Å². The van der Waals surface area contributed by atoms with E-state index in [0.717, 1.165) is 0 Å². The quantitative estimate of drug-likeness (QED) is 0.493. The van der Waals surface area contributed by atoms with Crippen molar-refractivity contribution in [2.75, 3.05) is 13.1 Å². The zero-order valence-electron chi connectivity index (χ0n) is 8.97. The number of hydroxylamine groups is 2. The van der Waals surface area contributed by atoms with Crippen molar-refractivity contribution in [2.45, 2.75) is 12.8 Å². The van der Waals surface area contributed by atoms with Gasteiger partial charge in [-0.15, -0.1) is 0 Å². The summed E-state index contributed by atoms with van der Waals surface area (Å²) in [7, 11) is 0. The van der Waals surface area contributed by atoms with Crippen molar-refractivity contribution in [2.24, 2.45) is 4.99 Å². The predicted octanol–water partition coefficient (Wildman–Crippen LogP) is -3.23. The summed E-state index contributed by atoms with van der Waals surface area (Å²) < 4.78 is 0. The molecule has 0 aromatic carbocycles. The van der Waals surface area contributed by atoms with Crippen molar-refractivity contribution < 1.29 is 50.5 Å².